The van der Waals surface area contributed by atoms with Gasteiger partial charge in [0.1, 0.15) is 0 Å². The molecule has 11 heteroatoms. The third kappa shape index (κ3) is 5.54. The number of guanidine groups is 1. The Kier molecular flexibility index (Phi) is 7.05. The van der Waals surface area contributed by atoms with Crippen LogP contribution in [0.15, 0.2) is 66.9 Å². The average molecular weight is 526 g/mol. The molecule has 0 spiro atoms. The standard InChI is InChI=1S/C25H21Cl2N5O4/c26-16-6-15(7-17(27)9-16)21(11-22(33)34)32-12-14-4-5-19(10-20(14)24(32)36)30-23(35)13-2-1-3-18(8-13)31-25(28)29/h1-10,12,21,36H,11H2,(H,30,35)(H,33,34)(H4,28,29,31). The number of rotatable bonds is 7. The number of benzene rings is 3. The lowest BCUT2D eigenvalue weighted by atomic mass is 10.0. The Labute approximate surface area is 215 Å². The molecule has 0 bridgehead atoms. The number of hydrogen-bond donors (Lipinski definition) is 6. The second-order valence-electron chi connectivity index (χ2n) is 8.05. The van der Waals surface area contributed by atoms with Gasteiger partial charge in [0.15, 0.2) is 11.8 Å². The number of hydrogen-bond acceptors (Lipinski definition) is 4. The number of carboxylic acids is 1. The molecular formula is C25H21Cl2N5O4. The molecule has 4 aromatic rings. The maximum atomic E-state index is 12.8. The molecule has 0 radical (unpaired) electrons. The largest absolute Gasteiger partial charge is 0.494 e. The molecule has 4 rings (SSSR count). The average Bonchev–Trinajstić information content (AvgIpc) is 3.12. The number of fused-ring (bicyclic) bond motifs is 1. The topological polar surface area (TPSA) is 153 Å². The van der Waals surface area contributed by atoms with Crippen LogP contribution in [0, 0.1) is 5.41 Å². The Morgan fingerprint density at radius 2 is 1.69 bits per heavy atom. The number of nitrogens with zero attached hydrogens (tertiary/aromatic N) is 1. The predicted molar refractivity (Wildman–Crippen MR) is 140 cm³/mol. The van der Waals surface area contributed by atoms with Crippen molar-refractivity contribution in [2.45, 2.75) is 12.5 Å². The molecule has 0 aliphatic heterocycles. The second-order valence-corrected chi connectivity index (χ2v) is 8.92. The molecule has 0 saturated heterocycles. The first-order chi connectivity index (χ1) is 17.1. The summed E-state index contributed by atoms with van der Waals surface area (Å²) < 4.78 is 1.45. The fourth-order valence-corrected chi connectivity index (χ4v) is 4.48. The van der Waals surface area contributed by atoms with E-state index < -0.39 is 17.9 Å². The summed E-state index contributed by atoms with van der Waals surface area (Å²) in [6.07, 6.45) is 1.31. The first-order valence-corrected chi connectivity index (χ1v) is 11.4. The fraction of sp³-hybridized carbons (Fsp3) is 0.0800. The SMILES string of the molecule is N=C(N)Nc1cccc(C(=O)Nc2ccc3cn(C(CC(=O)O)c4cc(Cl)cc(Cl)c4)c(O)c3c2)c1. The van der Waals surface area contributed by atoms with Gasteiger partial charge in [0.05, 0.1) is 12.5 Å². The number of anilines is 2. The molecule has 36 heavy (non-hydrogen) atoms. The molecule has 0 aliphatic carbocycles. The molecule has 0 fully saturated rings. The van der Waals surface area contributed by atoms with E-state index in [1.807, 2.05) is 0 Å². The summed E-state index contributed by atoms with van der Waals surface area (Å²) in [5.74, 6) is -1.89. The number of carbonyl (C=O) groups is 2. The smallest absolute Gasteiger partial charge is 0.305 e. The van der Waals surface area contributed by atoms with Crippen molar-refractivity contribution in [2.75, 3.05) is 10.6 Å². The molecule has 1 amide bonds. The summed E-state index contributed by atoms with van der Waals surface area (Å²) in [6.45, 7) is 0. The van der Waals surface area contributed by atoms with Gasteiger partial charge in [-0.05, 0) is 54.1 Å². The van der Waals surface area contributed by atoms with Crippen molar-refractivity contribution in [3.8, 4) is 5.88 Å². The Morgan fingerprint density at radius 3 is 2.36 bits per heavy atom. The highest BCUT2D eigenvalue weighted by molar-refractivity contribution is 6.34. The van der Waals surface area contributed by atoms with Crippen molar-refractivity contribution in [2.24, 2.45) is 5.73 Å². The van der Waals surface area contributed by atoms with E-state index in [1.165, 1.54) is 10.6 Å². The minimum absolute atomic E-state index is 0.170. The highest BCUT2D eigenvalue weighted by atomic mass is 35.5. The van der Waals surface area contributed by atoms with Gasteiger partial charge < -0.3 is 31.1 Å². The van der Waals surface area contributed by atoms with Gasteiger partial charge in [-0.15, -0.1) is 0 Å². The molecule has 1 atom stereocenters. The lowest BCUT2D eigenvalue weighted by Crippen LogP contribution is -2.20. The number of aliphatic carboxylic acids is 1. The zero-order valence-electron chi connectivity index (χ0n) is 18.6. The number of nitrogens with two attached hydrogens (primary N) is 1. The summed E-state index contributed by atoms with van der Waals surface area (Å²) in [6, 6.07) is 15.4. The van der Waals surface area contributed by atoms with Gasteiger partial charge in [0.2, 0.25) is 0 Å². The maximum Gasteiger partial charge on any atom is 0.305 e. The second kappa shape index (κ2) is 10.2. The van der Waals surface area contributed by atoms with E-state index in [9.17, 15) is 19.8 Å². The molecule has 1 heterocycles. The lowest BCUT2D eigenvalue weighted by molar-refractivity contribution is -0.137. The Hall–Kier alpha value is -4.21. The summed E-state index contributed by atoms with van der Waals surface area (Å²) in [4.78, 5) is 24.4. The normalized spacial score (nSPS) is 11.7. The molecule has 0 saturated carbocycles. The molecular weight excluding hydrogens is 505 g/mol. The van der Waals surface area contributed by atoms with Gasteiger partial charge in [-0.2, -0.15) is 0 Å². The van der Waals surface area contributed by atoms with Crippen LogP contribution in [0.1, 0.15) is 28.4 Å². The van der Waals surface area contributed by atoms with Crippen molar-refractivity contribution in [1.82, 2.24) is 4.57 Å². The van der Waals surface area contributed by atoms with Gasteiger partial charge in [-0.1, -0.05) is 35.3 Å². The fourth-order valence-electron chi connectivity index (χ4n) is 3.93. The Balaban J connectivity index is 1.66. The lowest BCUT2D eigenvalue weighted by Gasteiger charge is -2.19. The van der Waals surface area contributed by atoms with Crippen LogP contribution >= 0.6 is 23.2 Å². The van der Waals surface area contributed by atoms with E-state index in [0.29, 0.717) is 43.3 Å². The number of carboxylic acid groups (broad SMARTS) is 1. The zero-order chi connectivity index (χ0) is 26.0. The third-order valence-corrected chi connectivity index (χ3v) is 5.89. The van der Waals surface area contributed by atoms with Gasteiger partial charge in [-0.3, -0.25) is 15.0 Å². The van der Waals surface area contributed by atoms with E-state index in [0.717, 1.165) is 0 Å². The molecule has 1 aromatic heterocycles. The van der Waals surface area contributed by atoms with Crippen LogP contribution in [0.5, 0.6) is 5.88 Å². The molecule has 0 aliphatic rings. The molecule has 1 unspecified atom stereocenters. The third-order valence-electron chi connectivity index (χ3n) is 5.45. The summed E-state index contributed by atoms with van der Waals surface area (Å²) in [5.41, 5.74) is 7.12. The summed E-state index contributed by atoms with van der Waals surface area (Å²) in [7, 11) is 0. The number of amides is 1. The predicted octanol–water partition coefficient (Wildman–Crippen LogP) is 5.28. The Bertz CT molecular complexity index is 1480. The summed E-state index contributed by atoms with van der Waals surface area (Å²) in [5, 5.41) is 35.0. The van der Waals surface area contributed by atoms with Gasteiger partial charge in [0.25, 0.3) is 5.91 Å². The van der Waals surface area contributed by atoms with E-state index in [-0.39, 0.29) is 18.3 Å². The van der Waals surface area contributed by atoms with E-state index in [4.69, 9.17) is 34.3 Å². The highest BCUT2D eigenvalue weighted by Gasteiger charge is 2.23. The van der Waals surface area contributed by atoms with Crippen LogP contribution in [0.3, 0.4) is 0 Å². The van der Waals surface area contributed by atoms with Crippen LogP contribution in [0.25, 0.3) is 10.8 Å². The maximum absolute atomic E-state index is 12.8. The van der Waals surface area contributed by atoms with Crippen LogP contribution in [-0.2, 0) is 4.79 Å². The van der Waals surface area contributed by atoms with Gasteiger partial charge in [0, 0.05) is 44.0 Å². The minimum Gasteiger partial charge on any atom is -0.494 e. The quantitative estimate of drug-likeness (QED) is 0.142. The van der Waals surface area contributed by atoms with E-state index >= 15 is 0 Å². The monoisotopic (exact) mass is 525 g/mol. The van der Waals surface area contributed by atoms with Gasteiger partial charge >= 0.3 is 5.97 Å². The highest BCUT2D eigenvalue weighted by Crippen LogP contribution is 2.37. The van der Waals surface area contributed by atoms with Crippen molar-refractivity contribution in [1.29, 1.82) is 5.41 Å². The molecule has 3 aromatic carbocycles. The number of halogens is 2. The molecule has 7 N–H and O–H groups in total. The first kappa shape index (κ1) is 24.9. The number of carbonyl (C=O) groups excluding carboxylic acids is 1. The van der Waals surface area contributed by atoms with Crippen LogP contribution in [0.2, 0.25) is 10.0 Å². The first-order valence-electron chi connectivity index (χ1n) is 10.6. The van der Waals surface area contributed by atoms with Crippen molar-refractivity contribution < 1.29 is 19.8 Å². The van der Waals surface area contributed by atoms with Crippen molar-refractivity contribution in [3.05, 3.63) is 88.0 Å². The summed E-state index contributed by atoms with van der Waals surface area (Å²) >= 11 is 12.3. The van der Waals surface area contributed by atoms with Crippen molar-refractivity contribution in [3.63, 3.8) is 0 Å². The Morgan fingerprint density at radius 1 is 1.00 bits per heavy atom. The number of aromatic nitrogens is 1. The van der Waals surface area contributed by atoms with E-state index in [2.05, 4.69) is 10.6 Å². The van der Waals surface area contributed by atoms with E-state index in [1.54, 1.807) is 60.8 Å². The molecule has 184 valence electrons. The number of nitrogens with one attached hydrogen (secondary N) is 3. The van der Waals surface area contributed by atoms with Crippen molar-refractivity contribution >= 4 is 63.2 Å². The zero-order valence-corrected chi connectivity index (χ0v) is 20.1. The van der Waals surface area contributed by atoms with Crippen LogP contribution in [-0.4, -0.2) is 32.6 Å². The number of aromatic hydroxyl groups is 1. The van der Waals surface area contributed by atoms with Crippen LogP contribution < -0.4 is 16.4 Å². The molecule has 9 nitrogen and oxygen atoms in total. The van der Waals surface area contributed by atoms with Gasteiger partial charge in [-0.25, -0.2) is 0 Å². The van der Waals surface area contributed by atoms with Crippen LogP contribution in [0.4, 0.5) is 11.4 Å². The minimum atomic E-state index is -1.07.